The monoisotopic (exact) mass is 641 g/mol. The third-order valence-electron chi connectivity index (χ3n) is 9.21. The largest absolute Gasteiger partial charge is 0.488 e. The molecule has 9 rings (SSSR count). The normalized spacial score (nSPS) is 11.7. The Morgan fingerprint density at radius 1 is 0.340 bits per heavy atom. The van der Waals surface area contributed by atoms with E-state index in [4.69, 9.17) is 19.7 Å². The standard InChI is InChI=1S/C46H31N3O/c1-3-13-31(14-4-1)33-17-9-20-36(27-33)44-47-45(37-21-10-18-34(28-37)32-15-5-2-6-16-32)49-46(48-44)38-22-11-19-35(29-38)40-25-12-23-39-30-50-42-26-8-7-24-41(42)43(39)40/h1-29H,30H2. The summed E-state index contributed by atoms with van der Waals surface area (Å²) in [4.78, 5) is 15.4. The first-order valence-corrected chi connectivity index (χ1v) is 16.8. The lowest BCUT2D eigenvalue weighted by Gasteiger charge is -2.23. The molecule has 1 aliphatic heterocycles. The van der Waals surface area contributed by atoms with Gasteiger partial charge in [0.15, 0.2) is 17.5 Å². The summed E-state index contributed by atoms with van der Waals surface area (Å²) in [5.74, 6) is 2.78. The minimum absolute atomic E-state index is 0.546. The van der Waals surface area contributed by atoms with Crippen molar-refractivity contribution >= 4 is 0 Å². The molecule has 4 heteroatoms. The fourth-order valence-electron chi connectivity index (χ4n) is 6.76. The minimum atomic E-state index is 0.546. The second-order valence-corrected chi connectivity index (χ2v) is 12.4. The van der Waals surface area contributed by atoms with Gasteiger partial charge in [0, 0.05) is 22.3 Å². The Morgan fingerprint density at radius 3 is 1.34 bits per heavy atom. The predicted octanol–water partition coefficient (Wildman–Crippen LogP) is 11.4. The van der Waals surface area contributed by atoms with E-state index in [1.807, 2.05) is 24.3 Å². The quantitative estimate of drug-likeness (QED) is 0.181. The highest BCUT2D eigenvalue weighted by Gasteiger charge is 2.21. The average Bonchev–Trinajstić information content (AvgIpc) is 3.21. The molecule has 8 aromatic rings. The van der Waals surface area contributed by atoms with Crippen LogP contribution in [0.25, 0.3) is 78.7 Å². The summed E-state index contributed by atoms with van der Waals surface area (Å²) in [6.45, 7) is 0.546. The summed E-state index contributed by atoms with van der Waals surface area (Å²) in [5, 5.41) is 0. The van der Waals surface area contributed by atoms with Crippen LogP contribution in [0.2, 0.25) is 0 Å². The van der Waals surface area contributed by atoms with E-state index in [0.717, 1.165) is 61.4 Å². The van der Waals surface area contributed by atoms with Gasteiger partial charge in [-0.15, -0.1) is 0 Å². The third-order valence-corrected chi connectivity index (χ3v) is 9.21. The molecule has 0 unspecified atom stereocenters. The van der Waals surface area contributed by atoms with Crippen molar-refractivity contribution in [2.24, 2.45) is 0 Å². The van der Waals surface area contributed by atoms with Crippen molar-refractivity contribution in [3.05, 3.63) is 181 Å². The number of fused-ring (bicyclic) bond motifs is 3. The van der Waals surface area contributed by atoms with Crippen molar-refractivity contribution < 1.29 is 4.74 Å². The zero-order chi connectivity index (χ0) is 33.3. The van der Waals surface area contributed by atoms with E-state index in [1.54, 1.807) is 0 Å². The van der Waals surface area contributed by atoms with E-state index in [1.165, 1.54) is 11.1 Å². The number of rotatable bonds is 6. The Kier molecular flexibility index (Phi) is 7.52. The molecule has 4 nitrogen and oxygen atoms in total. The first-order valence-electron chi connectivity index (χ1n) is 16.8. The molecule has 0 atom stereocenters. The number of hydrogen-bond acceptors (Lipinski definition) is 4. The molecule has 0 saturated carbocycles. The van der Waals surface area contributed by atoms with Gasteiger partial charge in [-0.05, 0) is 68.8 Å². The number of aromatic nitrogens is 3. The van der Waals surface area contributed by atoms with E-state index in [2.05, 4.69) is 152 Å². The van der Waals surface area contributed by atoms with Crippen LogP contribution in [0.3, 0.4) is 0 Å². The van der Waals surface area contributed by atoms with Crippen molar-refractivity contribution in [1.29, 1.82) is 0 Å². The van der Waals surface area contributed by atoms with Gasteiger partial charge in [0.25, 0.3) is 0 Å². The highest BCUT2D eigenvalue weighted by Crippen LogP contribution is 2.43. The fraction of sp³-hybridized carbons (Fsp3) is 0.0217. The topological polar surface area (TPSA) is 47.9 Å². The maximum absolute atomic E-state index is 6.09. The molecule has 0 spiro atoms. The maximum atomic E-state index is 6.09. The van der Waals surface area contributed by atoms with Crippen LogP contribution in [-0.2, 0) is 6.61 Å². The van der Waals surface area contributed by atoms with Crippen molar-refractivity contribution in [2.45, 2.75) is 6.61 Å². The molecule has 0 radical (unpaired) electrons. The van der Waals surface area contributed by atoms with Gasteiger partial charge in [-0.25, -0.2) is 15.0 Å². The van der Waals surface area contributed by atoms with Crippen LogP contribution < -0.4 is 4.74 Å². The number of hydrogen-bond donors (Lipinski definition) is 0. The Morgan fingerprint density at radius 2 is 0.760 bits per heavy atom. The van der Waals surface area contributed by atoms with Gasteiger partial charge < -0.3 is 4.74 Å². The van der Waals surface area contributed by atoms with Gasteiger partial charge in [0.1, 0.15) is 12.4 Å². The lowest BCUT2D eigenvalue weighted by molar-refractivity contribution is 0.302. The first kappa shape index (κ1) is 29.5. The molecule has 0 aliphatic carbocycles. The SMILES string of the molecule is c1ccc(-c2cccc(-c3nc(-c4cccc(-c5ccccc5)c4)nc(-c4cccc(-c5cccc6c5-c5ccccc5OC6)c4)n3)c2)cc1. The van der Waals surface area contributed by atoms with E-state index in [0.29, 0.717) is 24.1 Å². The second-order valence-electron chi connectivity index (χ2n) is 12.4. The van der Waals surface area contributed by atoms with E-state index >= 15 is 0 Å². The predicted molar refractivity (Wildman–Crippen MR) is 202 cm³/mol. The summed E-state index contributed by atoms with van der Waals surface area (Å²) in [6, 6.07) is 60.9. The average molecular weight is 642 g/mol. The first-order chi connectivity index (χ1) is 24.8. The molecule has 0 fully saturated rings. The molecule has 0 N–H and O–H groups in total. The van der Waals surface area contributed by atoms with Gasteiger partial charge in [-0.1, -0.05) is 152 Å². The summed E-state index contributed by atoms with van der Waals surface area (Å²) in [6.07, 6.45) is 0. The molecular formula is C46H31N3O. The van der Waals surface area contributed by atoms with Crippen LogP contribution in [0.15, 0.2) is 176 Å². The Hall–Kier alpha value is -6.65. The zero-order valence-corrected chi connectivity index (χ0v) is 27.2. The van der Waals surface area contributed by atoms with Gasteiger partial charge in [0.2, 0.25) is 0 Å². The van der Waals surface area contributed by atoms with E-state index in [9.17, 15) is 0 Å². The van der Waals surface area contributed by atoms with Crippen LogP contribution in [0.5, 0.6) is 5.75 Å². The van der Waals surface area contributed by atoms with E-state index < -0.39 is 0 Å². The van der Waals surface area contributed by atoms with E-state index in [-0.39, 0.29) is 0 Å². The maximum Gasteiger partial charge on any atom is 0.164 e. The van der Waals surface area contributed by atoms with Crippen molar-refractivity contribution in [3.8, 4) is 84.4 Å². The summed E-state index contributed by atoms with van der Waals surface area (Å²) >= 11 is 0. The van der Waals surface area contributed by atoms with Crippen LogP contribution in [0.1, 0.15) is 5.56 Å². The van der Waals surface area contributed by atoms with Crippen molar-refractivity contribution in [3.63, 3.8) is 0 Å². The minimum Gasteiger partial charge on any atom is -0.488 e. The number of nitrogens with zero attached hydrogens (tertiary/aromatic N) is 3. The molecule has 236 valence electrons. The Labute approximate surface area is 291 Å². The zero-order valence-electron chi connectivity index (χ0n) is 27.2. The fourth-order valence-corrected chi connectivity index (χ4v) is 6.76. The summed E-state index contributed by atoms with van der Waals surface area (Å²) in [7, 11) is 0. The number of para-hydroxylation sites is 1. The summed E-state index contributed by atoms with van der Waals surface area (Å²) < 4.78 is 6.09. The molecule has 50 heavy (non-hydrogen) atoms. The molecule has 7 aromatic carbocycles. The van der Waals surface area contributed by atoms with Crippen LogP contribution in [0.4, 0.5) is 0 Å². The molecule has 1 aliphatic rings. The molecule has 2 heterocycles. The summed E-state index contributed by atoms with van der Waals surface area (Å²) in [5.41, 5.74) is 13.0. The smallest absolute Gasteiger partial charge is 0.164 e. The highest BCUT2D eigenvalue weighted by atomic mass is 16.5. The van der Waals surface area contributed by atoms with Gasteiger partial charge in [0.05, 0.1) is 0 Å². The Bertz CT molecular complexity index is 2390. The highest BCUT2D eigenvalue weighted by molar-refractivity contribution is 5.90. The van der Waals surface area contributed by atoms with Crippen LogP contribution >= 0.6 is 0 Å². The molecule has 0 saturated heterocycles. The molecule has 0 amide bonds. The van der Waals surface area contributed by atoms with Gasteiger partial charge in [-0.3, -0.25) is 0 Å². The number of benzene rings is 7. The molecule has 0 bridgehead atoms. The van der Waals surface area contributed by atoms with Gasteiger partial charge >= 0.3 is 0 Å². The molecular weight excluding hydrogens is 611 g/mol. The van der Waals surface area contributed by atoms with Crippen LogP contribution in [0, 0.1) is 0 Å². The molecule has 1 aromatic heterocycles. The Balaban J connectivity index is 1.20. The van der Waals surface area contributed by atoms with Gasteiger partial charge in [-0.2, -0.15) is 0 Å². The third kappa shape index (κ3) is 5.63. The van der Waals surface area contributed by atoms with Crippen molar-refractivity contribution in [1.82, 2.24) is 15.0 Å². The lowest BCUT2D eigenvalue weighted by atomic mass is 9.88. The lowest BCUT2D eigenvalue weighted by Crippen LogP contribution is -2.06. The number of ether oxygens (including phenoxy) is 1. The van der Waals surface area contributed by atoms with Crippen molar-refractivity contribution in [2.75, 3.05) is 0 Å². The second kappa shape index (κ2) is 12.8. The van der Waals surface area contributed by atoms with Crippen LogP contribution in [-0.4, -0.2) is 15.0 Å².